The number of methoxy groups -OCH3 is 4. The van der Waals surface area contributed by atoms with E-state index in [9.17, 15) is 4.79 Å². The SMILES string of the molecule is COc1ccc(NCc2nnc(SCC(=O)N/N=C/c3cc(OC)c(OC)c(OC)c3)n2-c2ccccc2)cc1. The first-order chi connectivity index (χ1) is 19.6. The van der Waals surface area contributed by atoms with Crippen molar-refractivity contribution in [2.75, 3.05) is 39.5 Å². The van der Waals surface area contributed by atoms with Crippen molar-refractivity contribution in [1.82, 2.24) is 20.2 Å². The van der Waals surface area contributed by atoms with Gasteiger partial charge in [0.1, 0.15) is 5.75 Å². The number of ether oxygens (including phenoxy) is 4. The fraction of sp³-hybridized carbons (Fsp3) is 0.214. The summed E-state index contributed by atoms with van der Waals surface area (Å²) >= 11 is 1.26. The fourth-order valence-electron chi connectivity index (χ4n) is 3.75. The van der Waals surface area contributed by atoms with Crippen molar-refractivity contribution >= 4 is 29.6 Å². The Morgan fingerprint density at radius 3 is 2.25 bits per heavy atom. The summed E-state index contributed by atoms with van der Waals surface area (Å²) in [6.07, 6.45) is 1.50. The predicted molar refractivity (Wildman–Crippen MR) is 154 cm³/mol. The molecule has 11 nitrogen and oxygen atoms in total. The van der Waals surface area contributed by atoms with Crippen molar-refractivity contribution in [2.45, 2.75) is 11.7 Å². The van der Waals surface area contributed by atoms with Crippen LogP contribution in [0.25, 0.3) is 5.69 Å². The third-order valence-corrected chi connectivity index (χ3v) is 6.61. The van der Waals surface area contributed by atoms with Gasteiger partial charge in [0.2, 0.25) is 5.75 Å². The first kappa shape index (κ1) is 28.3. The van der Waals surface area contributed by atoms with Gasteiger partial charge in [0, 0.05) is 16.9 Å². The molecule has 0 spiro atoms. The minimum absolute atomic E-state index is 0.0868. The molecule has 1 aromatic heterocycles. The lowest BCUT2D eigenvalue weighted by Gasteiger charge is -2.12. The van der Waals surface area contributed by atoms with Crippen molar-refractivity contribution in [3.8, 4) is 28.7 Å². The van der Waals surface area contributed by atoms with Gasteiger partial charge >= 0.3 is 0 Å². The Bertz CT molecular complexity index is 1420. The molecule has 0 atom stereocenters. The van der Waals surface area contributed by atoms with Crippen LogP contribution >= 0.6 is 11.8 Å². The Morgan fingerprint density at radius 1 is 0.925 bits per heavy atom. The number of hydrogen-bond acceptors (Lipinski definition) is 10. The average Bonchev–Trinajstić information content (AvgIpc) is 3.41. The van der Waals surface area contributed by atoms with Crippen molar-refractivity contribution in [1.29, 1.82) is 0 Å². The molecule has 12 heteroatoms. The van der Waals surface area contributed by atoms with Crippen LogP contribution in [0.2, 0.25) is 0 Å². The van der Waals surface area contributed by atoms with E-state index in [1.165, 1.54) is 39.3 Å². The molecule has 4 aromatic rings. The molecule has 0 saturated carbocycles. The van der Waals surface area contributed by atoms with Crippen molar-refractivity contribution in [2.24, 2.45) is 5.10 Å². The second-order valence-corrected chi connectivity index (χ2v) is 9.13. The zero-order valence-electron chi connectivity index (χ0n) is 22.6. The van der Waals surface area contributed by atoms with Crippen LogP contribution in [-0.2, 0) is 11.3 Å². The molecule has 0 aliphatic carbocycles. The Kier molecular flexibility index (Phi) is 9.83. The van der Waals surface area contributed by atoms with Crippen LogP contribution in [0, 0.1) is 0 Å². The Morgan fingerprint density at radius 2 is 1.62 bits per heavy atom. The highest BCUT2D eigenvalue weighted by molar-refractivity contribution is 7.99. The lowest BCUT2D eigenvalue weighted by Crippen LogP contribution is -2.20. The number of carbonyl (C=O) groups excluding carboxylic acids is 1. The molecule has 0 saturated heterocycles. The zero-order valence-corrected chi connectivity index (χ0v) is 23.4. The van der Waals surface area contributed by atoms with E-state index < -0.39 is 0 Å². The van der Waals surface area contributed by atoms with E-state index in [1.54, 1.807) is 19.2 Å². The third kappa shape index (κ3) is 7.03. The van der Waals surface area contributed by atoms with E-state index in [4.69, 9.17) is 18.9 Å². The van der Waals surface area contributed by atoms with Gasteiger partial charge in [-0.15, -0.1) is 10.2 Å². The average molecular weight is 563 g/mol. The second kappa shape index (κ2) is 13.9. The number of benzene rings is 3. The van der Waals surface area contributed by atoms with Gasteiger partial charge in [-0.25, -0.2) is 5.43 Å². The number of hydrazone groups is 1. The van der Waals surface area contributed by atoms with Gasteiger partial charge in [0.15, 0.2) is 22.5 Å². The number of aromatic nitrogens is 3. The molecule has 4 rings (SSSR count). The Labute approximate surface area is 236 Å². The first-order valence-corrected chi connectivity index (χ1v) is 13.2. The molecule has 0 fully saturated rings. The van der Waals surface area contributed by atoms with Crippen LogP contribution in [0.3, 0.4) is 0 Å². The maximum Gasteiger partial charge on any atom is 0.250 e. The number of hydrogen-bond donors (Lipinski definition) is 2. The predicted octanol–water partition coefficient (Wildman–Crippen LogP) is 4.16. The van der Waals surface area contributed by atoms with E-state index in [1.807, 2.05) is 59.2 Å². The maximum absolute atomic E-state index is 12.6. The van der Waals surface area contributed by atoms with Crippen LogP contribution in [0.5, 0.6) is 23.0 Å². The molecule has 3 aromatic carbocycles. The topological polar surface area (TPSA) is 121 Å². The Balaban J connectivity index is 1.42. The van der Waals surface area contributed by atoms with Crippen molar-refractivity contribution in [3.05, 3.63) is 78.1 Å². The number of anilines is 1. The second-order valence-electron chi connectivity index (χ2n) is 8.19. The lowest BCUT2D eigenvalue weighted by molar-refractivity contribution is -0.118. The summed E-state index contributed by atoms with van der Waals surface area (Å²) in [6.45, 7) is 0.431. The zero-order chi connectivity index (χ0) is 28.3. The molecule has 0 aliphatic heterocycles. The van der Waals surface area contributed by atoms with Crippen molar-refractivity contribution in [3.63, 3.8) is 0 Å². The number of nitrogens with zero attached hydrogens (tertiary/aromatic N) is 4. The molecule has 1 heterocycles. The van der Waals surface area contributed by atoms with Gasteiger partial charge in [-0.05, 0) is 48.5 Å². The van der Waals surface area contributed by atoms with E-state index in [-0.39, 0.29) is 11.7 Å². The molecule has 2 N–H and O–H groups in total. The largest absolute Gasteiger partial charge is 0.497 e. The number of thioether (sulfide) groups is 1. The van der Waals surface area contributed by atoms with Crippen LogP contribution in [0.1, 0.15) is 11.4 Å². The highest BCUT2D eigenvalue weighted by atomic mass is 32.2. The van der Waals surface area contributed by atoms with E-state index in [0.717, 1.165) is 17.1 Å². The molecular weight excluding hydrogens is 532 g/mol. The number of nitrogens with one attached hydrogen (secondary N) is 2. The number of para-hydroxylation sites is 1. The van der Waals surface area contributed by atoms with Gasteiger partial charge < -0.3 is 24.3 Å². The van der Waals surface area contributed by atoms with Gasteiger partial charge in [0.25, 0.3) is 5.91 Å². The van der Waals surface area contributed by atoms with Crippen LogP contribution in [-0.4, -0.2) is 61.1 Å². The first-order valence-electron chi connectivity index (χ1n) is 12.2. The number of carbonyl (C=O) groups is 1. The molecule has 0 aliphatic rings. The quantitative estimate of drug-likeness (QED) is 0.141. The molecule has 0 radical (unpaired) electrons. The molecule has 0 bridgehead atoms. The Hall–Kier alpha value is -4.71. The molecule has 40 heavy (non-hydrogen) atoms. The standard InChI is InChI=1S/C28H30N6O5S/c1-36-22-12-10-20(11-13-22)29-17-25-31-33-28(34(25)21-8-6-5-7-9-21)40-18-26(35)32-30-16-19-14-23(37-2)27(39-4)24(15-19)38-3/h5-16,29H,17-18H2,1-4H3,(H,32,35)/b30-16+. The van der Waals surface area contributed by atoms with Gasteiger partial charge in [-0.3, -0.25) is 9.36 Å². The summed E-state index contributed by atoms with van der Waals surface area (Å²) in [5.74, 6) is 2.72. The summed E-state index contributed by atoms with van der Waals surface area (Å²) in [4.78, 5) is 12.6. The summed E-state index contributed by atoms with van der Waals surface area (Å²) in [7, 11) is 6.23. The minimum Gasteiger partial charge on any atom is -0.497 e. The molecule has 0 unspecified atom stereocenters. The highest BCUT2D eigenvalue weighted by Crippen LogP contribution is 2.37. The number of rotatable bonds is 13. The fourth-order valence-corrected chi connectivity index (χ4v) is 4.51. The van der Waals surface area contributed by atoms with E-state index in [0.29, 0.717) is 40.3 Å². The summed E-state index contributed by atoms with van der Waals surface area (Å²) < 4.78 is 23.2. The molecular formula is C28H30N6O5S. The van der Waals surface area contributed by atoms with E-state index >= 15 is 0 Å². The summed E-state index contributed by atoms with van der Waals surface area (Å²) in [5, 5.41) is 16.7. The lowest BCUT2D eigenvalue weighted by atomic mass is 10.2. The molecule has 1 amide bonds. The smallest absolute Gasteiger partial charge is 0.250 e. The normalized spacial score (nSPS) is 10.8. The third-order valence-electron chi connectivity index (χ3n) is 5.68. The van der Waals surface area contributed by atoms with Gasteiger partial charge in [0.05, 0.1) is 47.0 Å². The summed E-state index contributed by atoms with van der Waals surface area (Å²) in [6, 6.07) is 20.8. The van der Waals surface area contributed by atoms with E-state index in [2.05, 4.69) is 26.0 Å². The van der Waals surface area contributed by atoms with Gasteiger partial charge in [-0.2, -0.15) is 5.10 Å². The van der Waals surface area contributed by atoms with Crippen LogP contribution < -0.4 is 29.7 Å². The highest BCUT2D eigenvalue weighted by Gasteiger charge is 2.16. The van der Waals surface area contributed by atoms with Crippen LogP contribution in [0.4, 0.5) is 5.69 Å². The maximum atomic E-state index is 12.6. The summed E-state index contributed by atoms with van der Waals surface area (Å²) in [5.41, 5.74) is 5.02. The minimum atomic E-state index is -0.297. The monoisotopic (exact) mass is 562 g/mol. The molecule has 208 valence electrons. The number of amides is 1. The van der Waals surface area contributed by atoms with Gasteiger partial charge in [-0.1, -0.05) is 30.0 Å². The van der Waals surface area contributed by atoms with Crippen LogP contribution in [0.15, 0.2) is 77.0 Å². The van der Waals surface area contributed by atoms with Crippen molar-refractivity contribution < 1.29 is 23.7 Å².